The number of ether oxygens (including phenoxy) is 2. The van der Waals surface area contributed by atoms with E-state index in [9.17, 15) is 9.90 Å². The molecule has 16 heavy (non-hydrogen) atoms. The molecule has 0 aliphatic carbocycles. The lowest BCUT2D eigenvalue weighted by Gasteiger charge is -2.10. The second-order valence-corrected chi connectivity index (χ2v) is 3.12. The normalized spacial score (nSPS) is 11.6. The molecule has 0 aliphatic rings. The van der Waals surface area contributed by atoms with Crippen LogP contribution in [0.25, 0.3) is 0 Å². The Hall–Kier alpha value is -1.81. The molecule has 1 atom stereocenters. The van der Waals surface area contributed by atoms with Gasteiger partial charge in [-0.15, -0.1) is 0 Å². The molecule has 4 nitrogen and oxygen atoms in total. The van der Waals surface area contributed by atoms with Crippen molar-refractivity contribution in [3.05, 3.63) is 48.7 Å². The van der Waals surface area contributed by atoms with Gasteiger partial charge in [0.2, 0.25) is 0 Å². The Morgan fingerprint density at radius 3 is 2.69 bits per heavy atom. The quantitative estimate of drug-likeness (QED) is 0.583. The van der Waals surface area contributed by atoms with Crippen LogP contribution in [0.5, 0.6) is 0 Å². The van der Waals surface area contributed by atoms with Crippen LogP contribution in [0, 0.1) is 0 Å². The summed E-state index contributed by atoms with van der Waals surface area (Å²) in [4.78, 5) is 11.4. The Morgan fingerprint density at radius 1 is 1.38 bits per heavy atom. The summed E-state index contributed by atoms with van der Waals surface area (Å²) < 4.78 is 9.64. The standard InChI is InChI=1S/C12H14O4/c1-2-15-8-11(13)9-16-12(14)10-6-4-3-5-7-10/h2-7,11,13H,1,8-9H2. The van der Waals surface area contributed by atoms with Gasteiger partial charge in [-0.25, -0.2) is 4.79 Å². The van der Waals surface area contributed by atoms with Crippen LogP contribution in [0.1, 0.15) is 10.4 Å². The maximum Gasteiger partial charge on any atom is 0.338 e. The summed E-state index contributed by atoms with van der Waals surface area (Å²) in [5.74, 6) is -0.460. The second kappa shape index (κ2) is 6.63. The van der Waals surface area contributed by atoms with Gasteiger partial charge in [0.1, 0.15) is 19.3 Å². The highest BCUT2D eigenvalue weighted by molar-refractivity contribution is 5.89. The third-order valence-corrected chi connectivity index (χ3v) is 1.82. The largest absolute Gasteiger partial charge is 0.499 e. The smallest absolute Gasteiger partial charge is 0.338 e. The maximum atomic E-state index is 11.4. The number of benzene rings is 1. The monoisotopic (exact) mass is 222 g/mol. The molecular weight excluding hydrogens is 208 g/mol. The van der Waals surface area contributed by atoms with Crippen LogP contribution in [0.4, 0.5) is 0 Å². The Kier molecular flexibility index (Phi) is 5.08. The molecule has 1 unspecified atom stereocenters. The fraction of sp³-hybridized carbons (Fsp3) is 0.250. The summed E-state index contributed by atoms with van der Waals surface area (Å²) in [5.41, 5.74) is 0.458. The number of carbonyl (C=O) groups is 1. The Morgan fingerprint density at radius 2 is 2.06 bits per heavy atom. The highest BCUT2D eigenvalue weighted by Gasteiger charge is 2.10. The summed E-state index contributed by atoms with van der Waals surface area (Å²) in [7, 11) is 0. The second-order valence-electron chi connectivity index (χ2n) is 3.12. The molecule has 0 amide bonds. The molecule has 86 valence electrons. The van der Waals surface area contributed by atoms with E-state index in [2.05, 4.69) is 6.58 Å². The van der Waals surface area contributed by atoms with Crippen molar-refractivity contribution in [3.8, 4) is 0 Å². The first kappa shape index (κ1) is 12.3. The van der Waals surface area contributed by atoms with E-state index in [1.54, 1.807) is 24.3 Å². The van der Waals surface area contributed by atoms with E-state index < -0.39 is 12.1 Å². The number of hydrogen-bond acceptors (Lipinski definition) is 4. The van der Waals surface area contributed by atoms with E-state index in [0.717, 1.165) is 0 Å². The van der Waals surface area contributed by atoms with Crippen LogP contribution in [-0.2, 0) is 9.47 Å². The molecule has 0 heterocycles. The first-order chi connectivity index (χ1) is 7.74. The van der Waals surface area contributed by atoms with Crippen molar-refractivity contribution in [1.82, 2.24) is 0 Å². The molecule has 0 spiro atoms. The zero-order valence-corrected chi connectivity index (χ0v) is 8.83. The molecule has 0 saturated carbocycles. The third-order valence-electron chi connectivity index (χ3n) is 1.82. The average Bonchev–Trinajstić information content (AvgIpc) is 2.34. The highest BCUT2D eigenvalue weighted by atomic mass is 16.5. The lowest BCUT2D eigenvalue weighted by atomic mass is 10.2. The van der Waals surface area contributed by atoms with Gasteiger partial charge < -0.3 is 14.6 Å². The predicted molar refractivity (Wildman–Crippen MR) is 58.9 cm³/mol. The molecule has 0 fully saturated rings. The lowest BCUT2D eigenvalue weighted by Crippen LogP contribution is -2.22. The van der Waals surface area contributed by atoms with Crippen LogP contribution in [0.2, 0.25) is 0 Å². The van der Waals surface area contributed by atoms with Crippen molar-refractivity contribution in [2.45, 2.75) is 6.10 Å². The molecule has 4 heteroatoms. The number of rotatable bonds is 6. The number of aliphatic hydroxyl groups is 1. The van der Waals surface area contributed by atoms with Gasteiger partial charge >= 0.3 is 5.97 Å². The molecule has 1 rings (SSSR count). The van der Waals surface area contributed by atoms with E-state index in [1.165, 1.54) is 6.26 Å². The molecular formula is C12H14O4. The number of aliphatic hydroxyl groups excluding tert-OH is 1. The minimum absolute atomic E-state index is 0.0611. The molecule has 1 aromatic rings. The molecule has 0 aliphatic heterocycles. The van der Waals surface area contributed by atoms with E-state index in [1.807, 2.05) is 6.07 Å². The molecule has 0 radical (unpaired) electrons. The van der Waals surface area contributed by atoms with Crippen molar-refractivity contribution in [1.29, 1.82) is 0 Å². The lowest BCUT2D eigenvalue weighted by molar-refractivity contribution is 0.00665. The Bertz CT molecular complexity index is 334. The van der Waals surface area contributed by atoms with Crippen LogP contribution in [-0.4, -0.2) is 30.4 Å². The van der Waals surface area contributed by atoms with E-state index in [0.29, 0.717) is 5.56 Å². The van der Waals surface area contributed by atoms with Gasteiger partial charge in [-0.05, 0) is 12.1 Å². The van der Waals surface area contributed by atoms with E-state index >= 15 is 0 Å². The van der Waals surface area contributed by atoms with Crippen LogP contribution in [0.3, 0.4) is 0 Å². The highest BCUT2D eigenvalue weighted by Crippen LogP contribution is 2.01. The molecule has 0 aromatic heterocycles. The number of esters is 1. The fourth-order valence-corrected chi connectivity index (χ4v) is 1.06. The Labute approximate surface area is 94.1 Å². The molecule has 0 bridgehead atoms. The SMILES string of the molecule is C=COCC(O)COC(=O)c1ccccc1. The van der Waals surface area contributed by atoms with Crippen molar-refractivity contribution in [3.63, 3.8) is 0 Å². The molecule has 0 saturated heterocycles. The van der Waals surface area contributed by atoms with Gasteiger partial charge in [0, 0.05) is 0 Å². The van der Waals surface area contributed by atoms with Crippen molar-refractivity contribution in [2.75, 3.05) is 13.2 Å². The summed E-state index contributed by atoms with van der Waals surface area (Å²) in [6.45, 7) is 3.30. The minimum Gasteiger partial charge on any atom is -0.499 e. The predicted octanol–water partition coefficient (Wildman–Crippen LogP) is 1.36. The van der Waals surface area contributed by atoms with E-state index in [-0.39, 0.29) is 13.2 Å². The minimum atomic E-state index is -0.842. The van der Waals surface area contributed by atoms with Crippen molar-refractivity contribution >= 4 is 5.97 Å². The van der Waals surface area contributed by atoms with Crippen LogP contribution < -0.4 is 0 Å². The summed E-state index contributed by atoms with van der Waals surface area (Å²) >= 11 is 0. The summed E-state index contributed by atoms with van der Waals surface area (Å²) in [6.07, 6.45) is 0.382. The van der Waals surface area contributed by atoms with Gasteiger partial charge in [0.25, 0.3) is 0 Å². The first-order valence-electron chi connectivity index (χ1n) is 4.86. The molecule has 1 N–H and O–H groups in total. The van der Waals surface area contributed by atoms with Gasteiger partial charge in [0.15, 0.2) is 0 Å². The van der Waals surface area contributed by atoms with Crippen LogP contribution in [0.15, 0.2) is 43.2 Å². The van der Waals surface area contributed by atoms with E-state index in [4.69, 9.17) is 9.47 Å². The van der Waals surface area contributed by atoms with Gasteiger partial charge in [0.05, 0.1) is 11.8 Å². The molecule has 1 aromatic carbocycles. The van der Waals surface area contributed by atoms with Gasteiger partial charge in [-0.1, -0.05) is 24.8 Å². The first-order valence-corrected chi connectivity index (χ1v) is 4.86. The van der Waals surface area contributed by atoms with Gasteiger partial charge in [-0.2, -0.15) is 0 Å². The zero-order chi connectivity index (χ0) is 11.8. The van der Waals surface area contributed by atoms with Crippen molar-refractivity contribution in [2.24, 2.45) is 0 Å². The third kappa shape index (κ3) is 4.14. The van der Waals surface area contributed by atoms with Gasteiger partial charge in [-0.3, -0.25) is 0 Å². The van der Waals surface area contributed by atoms with Crippen LogP contribution >= 0.6 is 0 Å². The Balaban J connectivity index is 2.33. The summed E-state index contributed by atoms with van der Waals surface area (Å²) in [6, 6.07) is 8.59. The maximum absolute atomic E-state index is 11.4. The zero-order valence-electron chi connectivity index (χ0n) is 8.83. The van der Waals surface area contributed by atoms with Crippen molar-refractivity contribution < 1.29 is 19.4 Å². The topological polar surface area (TPSA) is 55.8 Å². The number of carbonyl (C=O) groups excluding carboxylic acids is 1. The summed E-state index contributed by atoms with van der Waals surface area (Å²) in [5, 5.41) is 9.33. The average molecular weight is 222 g/mol. The fourth-order valence-electron chi connectivity index (χ4n) is 1.06. The number of hydrogen-bond donors (Lipinski definition) is 1.